The lowest BCUT2D eigenvalue weighted by Gasteiger charge is -1.97. The molecule has 0 spiro atoms. The summed E-state index contributed by atoms with van der Waals surface area (Å²) in [7, 11) is 0. The molecular formula is C11H10N2O4. The third-order valence-corrected chi connectivity index (χ3v) is 2.32. The number of carbonyl (C=O) groups excluding carboxylic acids is 1. The second kappa shape index (κ2) is 4.25. The highest BCUT2D eigenvalue weighted by molar-refractivity contribution is 5.85. The minimum atomic E-state index is -0.890. The molecule has 0 saturated heterocycles. The van der Waals surface area contributed by atoms with Crippen molar-refractivity contribution in [2.24, 2.45) is 0 Å². The molecule has 17 heavy (non-hydrogen) atoms. The van der Waals surface area contributed by atoms with E-state index >= 15 is 0 Å². The minimum Gasteiger partial charge on any atom is -0.405 e. The van der Waals surface area contributed by atoms with Gasteiger partial charge in [-0.15, -0.1) is 0 Å². The molecule has 1 heterocycles. The van der Waals surface area contributed by atoms with Gasteiger partial charge in [-0.05, 0) is 12.5 Å². The lowest BCUT2D eigenvalue weighted by molar-refractivity contribution is -0.469. The fourth-order valence-electron chi connectivity index (χ4n) is 1.60. The quantitative estimate of drug-likeness (QED) is 0.497. The molecule has 2 rings (SSSR count). The fourth-order valence-corrected chi connectivity index (χ4v) is 1.60. The largest absolute Gasteiger partial charge is 0.405 e. The number of nitrogens with one attached hydrogen (secondary N) is 1. The van der Waals surface area contributed by atoms with Crippen LogP contribution in [-0.2, 0) is 4.79 Å². The van der Waals surface area contributed by atoms with Crippen LogP contribution in [0.2, 0.25) is 0 Å². The smallest absolute Gasteiger partial charge is 0.385 e. The Balaban J connectivity index is 2.23. The maximum Gasteiger partial charge on any atom is 0.385 e. The van der Waals surface area contributed by atoms with Crippen molar-refractivity contribution in [1.29, 1.82) is 0 Å². The number of carbonyl (C=O) groups is 1. The van der Waals surface area contributed by atoms with Gasteiger partial charge in [0.2, 0.25) is 5.88 Å². The van der Waals surface area contributed by atoms with E-state index in [1.54, 1.807) is 6.07 Å². The third kappa shape index (κ3) is 2.41. The van der Waals surface area contributed by atoms with Crippen molar-refractivity contribution < 1.29 is 14.5 Å². The number of rotatable bonds is 3. The van der Waals surface area contributed by atoms with Crippen molar-refractivity contribution >= 4 is 16.9 Å². The predicted molar refractivity (Wildman–Crippen MR) is 60.5 cm³/mol. The molecule has 0 unspecified atom stereocenters. The van der Waals surface area contributed by atoms with Crippen LogP contribution in [0.3, 0.4) is 0 Å². The van der Waals surface area contributed by atoms with Gasteiger partial charge >= 0.3 is 5.97 Å². The van der Waals surface area contributed by atoms with Gasteiger partial charge in [-0.3, -0.25) is 10.1 Å². The van der Waals surface area contributed by atoms with E-state index in [0.29, 0.717) is 0 Å². The van der Waals surface area contributed by atoms with Gasteiger partial charge < -0.3 is 9.72 Å². The van der Waals surface area contributed by atoms with Crippen molar-refractivity contribution in [3.8, 4) is 5.88 Å². The van der Waals surface area contributed by atoms with Crippen LogP contribution in [-0.4, -0.2) is 22.4 Å². The Labute approximate surface area is 96.3 Å². The maximum absolute atomic E-state index is 11.1. The highest BCUT2D eigenvalue weighted by atomic mass is 16.6. The molecular weight excluding hydrogens is 224 g/mol. The number of aromatic nitrogens is 1. The van der Waals surface area contributed by atoms with Crippen molar-refractivity contribution in [3.05, 3.63) is 39.9 Å². The molecule has 0 amide bonds. The Morgan fingerprint density at radius 3 is 2.94 bits per heavy atom. The zero-order valence-electron chi connectivity index (χ0n) is 9.10. The van der Waals surface area contributed by atoms with Gasteiger partial charge in [0.1, 0.15) is 0 Å². The zero-order valence-corrected chi connectivity index (χ0v) is 9.10. The molecule has 6 heteroatoms. The van der Waals surface area contributed by atoms with Gasteiger partial charge in [-0.1, -0.05) is 18.2 Å². The predicted octanol–water partition coefficient (Wildman–Crippen LogP) is 1.66. The first-order valence-electron chi connectivity index (χ1n) is 4.97. The maximum atomic E-state index is 11.1. The molecule has 2 aromatic rings. The number of fused-ring (bicyclic) bond motifs is 1. The third-order valence-electron chi connectivity index (χ3n) is 2.32. The summed E-state index contributed by atoms with van der Waals surface area (Å²) in [6, 6.07) is 7.30. The number of hydrogen-bond donors (Lipinski definition) is 1. The van der Waals surface area contributed by atoms with Gasteiger partial charge in [0.25, 0.3) is 6.54 Å². The molecule has 0 bridgehead atoms. The van der Waals surface area contributed by atoms with E-state index in [4.69, 9.17) is 4.74 Å². The molecule has 0 radical (unpaired) electrons. The number of nitrogens with zero attached hydrogens (tertiary/aromatic N) is 1. The van der Waals surface area contributed by atoms with E-state index < -0.39 is 17.4 Å². The van der Waals surface area contributed by atoms with E-state index in [-0.39, 0.29) is 5.88 Å². The molecule has 0 atom stereocenters. The number of benzene rings is 1. The topological polar surface area (TPSA) is 85.2 Å². The monoisotopic (exact) mass is 234 g/mol. The fraction of sp³-hybridized carbons (Fsp3) is 0.182. The van der Waals surface area contributed by atoms with Crippen LogP contribution in [0.1, 0.15) is 5.56 Å². The molecule has 0 saturated carbocycles. The Morgan fingerprint density at radius 2 is 2.29 bits per heavy atom. The number of aromatic amines is 1. The van der Waals surface area contributed by atoms with Gasteiger partial charge in [0.05, 0.1) is 5.52 Å². The average Bonchev–Trinajstić information content (AvgIpc) is 2.60. The number of nitro groups is 1. The molecule has 6 nitrogen and oxygen atoms in total. The van der Waals surface area contributed by atoms with Crippen LogP contribution in [0.25, 0.3) is 10.9 Å². The first kappa shape index (κ1) is 11.1. The van der Waals surface area contributed by atoms with Crippen molar-refractivity contribution in [3.63, 3.8) is 0 Å². The number of aryl methyl sites for hydroxylation is 1. The lowest BCUT2D eigenvalue weighted by atomic mass is 10.2. The van der Waals surface area contributed by atoms with Crippen LogP contribution < -0.4 is 4.74 Å². The molecule has 1 N–H and O–H groups in total. The Morgan fingerprint density at radius 1 is 1.53 bits per heavy atom. The Hall–Kier alpha value is -2.37. The van der Waals surface area contributed by atoms with Crippen LogP contribution in [0.4, 0.5) is 0 Å². The zero-order chi connectivity index (χ0) is 12.4. The summed E-state index contributed by atoms with van der Waals surface area (Å²) in [5, 5.41) is 11.0. The van der Waals surface area contributed by atoms with Gasteiger partial charge in [0.15, 0.2) is 0 Å². The van der Waals surface area contributed by atoms with Gasteiger partial charge in [0, 0.05) is 16.4 Å². The van der Waals surface area contributed by atoms with Crippen LogP contribution in [0.5, 0.6) is 5.88 Å². The minimum absolute atomic E-state index is 0.223. The summed E-state index contributed by atoms with van der Waals surface area (Å²) >= 11 is 0. The first-order valence-corrected chi connectivity index (χ1v) is 4.97. The van der Waals surface area contributed by atoms with Crippen molar-refractivity contribution in [2.45, 2.75) is 6.92 Å². The highest BCUT2D eigenvalue weighted by Gasteiger charge is 2.13. The molecule has 1 aromatic heterocycles. The van der Waals surface area contributed by atoms with Gasteiger partial charge in [-0.2, -0.15) is 0 Å². The normalized spacial score (nSPS) is 10.4. The number of para-hydroxylation sites is 1. The summed E-state index contributed by atoms with van der Waals surface area (Å²) in [4.78, 5) is 23.4. The molecule has 88 valence electrons. The summed E-state index contributed by atoms with van der Waals surface area (Å²) in [6.07, 6.45) is 0. The number of hydrogen-bond acceptors (Lipinski definition) is 4. The molecule has 0 fully saturated rings. The Kier molecular flexibility index (Phi) is 2.78. The van der Waals surface area contributed by atoms with E-state index in [2.05, 4.69) is 4.98 Å². The first-order chi connectivity index (χ1) is 8.06. The van der Waals surface area contributed by atoms with E-state index in [0.717, 1.165) is 16.5 Å². The van der Waals surface area contributed by atoms with Gasteiger partial charge in [-0.25, -0.2) is 4.79 Å². The number of H-pyrrole nitrogens is 1. The van der Waals surface area contributed by atoms with Crippen LogP contribution >= 0.6 is 0 Å². The standard InChI is InChI=1S/C11H10N2O4/c1-7-3-2-4-8-5-9(12-11(7)8)17-10(14)6-13(15)16/h2-5,12H,6H2,1H3. The highest BCUT2D eigenvalue weighted by Crippen LogP contribution is 2.22. The number of esters is 1. The molecule has 0 aliphatic heterocycles. The summed E-state index contributed by atoms with van der Waals surface area (Å²) in [5.74, 6) is -0.666. The Bertz CT molecular complexity index is 588. The SMILES string of the molecule is Cc1cccc2cc(OC(=O)C[N+](=O)[O-])[nH]c12. The van der Waals surface area contributed by atoms with Crippen molar-refractivity contribution in [1.82, 2.24) is 4.98 Å². The van der Waals surface area contributed by atoms with Crippen LogP contribution in [0, 0.1) is 17.0 Å². The summed E-state index contributed by atoms with van der Waals surface area (Å²) in [6.45, 7) is 1.08. The lowest BCUT2D eigenvalue weighted by Crippen LogP contribution is -2.19. The van der Waals surface area contributed by atoms with Crippen molar-refractivity contribution in [2.75, 3.05) is 6.54 Å². The molecule has 1 aromatic carbocycles. The summed E-state index contributed by atoms with van der Waals surface area (Å²) < 4.78 is 4.83. The second-order valence-corrected chi connectivity index (χ2v) is 3.64. The number of ether oxygens (including phenoxy) is 1. The summed E-state index contributed by atoms with van der Waals surface area (Å²) in [5.41, 5.74) is 1.87. The average molecular weight is 234 g/mol. The van der Waals surface area contributed by atoms with E-state index in [9.17, 15) is 14.9 Å². The van der Waals surface area contributed by atoms with E-state index in [1.165, 1.54) is 0 Å². The second-order valence-electron chi connectivity index (χ2n) is 3.64. The molecule has 0 aliphatic rings. The van der Waals surface area contributed by atoms with Crippen LogP contribution in [0.15, 0.2) is 24.3 Å². The van der Waals surface area contributed by atoms with E-state index in [1.807, 2.05) is 25.1 Å². The molecule has 0 aliphatic carbocycles.